The number of H-pyrrole nitrogens is 1. The van der Waals surface area contributed by atoms with Crippen molar-refractivity contribution in [2.75, 3.05) is 0 Å². The smallest absolute Gasteiger partial charge is 0.251 e. The van der Waals surface area contributed by atoms with Gasteiger partial charge < -0.3 is 10.3 Å². The monoisotopic (exact) mass is 257 g/mol. The quantitative estimate of drug-likeness (QED) is 0.883. The van der Waals surface area contributed by atoms with E-state index in [0.717, 1.165) is 16.8 Å². The summed E-state index contributed by atoms with van der Waals surface area (Å²) in [4.78, 5) is 19.0. The van der Waals surface area contributed by atoms with E-state index in [0.29, 0.717) is 18.4 Å². The van der Waals surface area contributed by atoms with E-state index in [9.17, 15) is 4.79 Å². The minimum absolute atomic E-state index is 0.118. The number of aryl methyl sites for hydroxylation is 1. The van der Waals surface area contributed by atoms with Crippen molar-refractivity contribution < 1.29 is 0 Å². The molecule has 0 aliphatic heterocycles. The number of hydrogen-bond donors (Lipinski definition) is 2. The van der Waals surface area contributed by atoms with Crippen molar-refractivity contribution in [3.05, 3.63) is 51.9 Å². The van der Waals surface area contributed by atoms with E-state index in [4.69, 9.17) is 0 Å². The van der Waals surface area contributed by atoms with Crippen LogP contribution in [0.25, 0.3) is 11.4 Å². The van der Waals surface area contributed by atoms with Crippen LogP contribution in [0.3, 0.4) is 0 Å². The van der Waals surface area contributed by atoms with Crippen LogP contribution in [0.5, 0.6) is 0 Å². The molecule has 0 bridgehead atoms. The molecular weight excluding hydrogens is 238 g/mol. The van der Waals surface area contributed by atoms with Gasteiger partial charge in [-0.2, -0.15) is 0 Å². The number of benzene rings is 1. The average Bonchev–Trinajstić information content (AvgIpc) is 2.36. The standard InChI is InChI=1S/C15H19N3O/c1-10(2)16-9-13-8-14(19)18-15(17-13)12-6-4-5-11(3)7-12/h4-8,10,16H,9H2,1-3H3,(H,17,18,19). The van der Waals surface area contributed by atoms with E-state index < -0.39 is 0 Å². The number of aromatic nitrogens is 2. The molecule has 4 nitrogen and oxygen atoms in total. The molecule has 0 saturated carbocycles. The zero-order chi connectivity index (χ0) is 13.8. The maximum Gasteiger partial charge on any atom is 0.251 e. The van der Waals surface area contributed by atoms with Gasteiger partial charge in [0.1, 0.15) is 5.82 Å². The first-order valence-electron chi connectivity index (χ1n) is 6.45. The number of nitrogens with one attached hydrogen (secondary N) is 2. The van der Waals surface area contributed by atoms with Crippen molar-refractivity contribution in [1.29, 1.82) is 0 Å². The molecule has 1 aromatic carbocycles. The molecule has 19 heavy (non-hydrogen) atoms. The first kappa shape index (κ1) is 13.5. The fourth-order valence-electron chi connectivity index (χ4n) is 1.84. The molecule has 2 aromatic rings. The third kappa shape index (κ3) is 3.76. The van der Waals surface area contributed by atoms with Gasteiger partial charge in [-0.15, -0.1) is 0 Å². The Morgan fingerprint density at radius 2 is 2.11 bits per heavy atom. The molecule has 100 valence electrons. The topological polar surface area (TPSA) is 57.8 Å². The van der Waals surface area contributed by atoms with Gasteiger partial charge in [-0.05, 0) is 13.0 Å². The second-order valence-corrected chi connectivity index (χ2v) is 4.99. The summed E-state index contributed by atoms with van der Waals surface area (Å²) in [7, 11) is 0. The fraction of sp³-hybridized carbons (Fsp3) is 0.333. The van der Waals surface area contributed by atoms with Gasteiger partial charge in [0.05, 0.1) is 5.69 Å². The highest BCUT2D eigenvalue weighted by Crippen LogP contribution is 2.15. The van der Waals surface area contributed by atoms with Crippen molar-refractivity contribution in [3.63, 3.8) is 0 Å². The lowest BCUT2D eigenvalue weighted by Crippen LogP contribution is -2.24. The Morgan fingerprint density at radius 1 is 1.32 bits per heavy atom. The van der Waals surface area contributed by atoms with Gasteiger partial charge in [-0.1, -0.05) is 37.6 Å². The van der Waals surface area contributed by atoms with E-state index in [1.807, 2.05) is 31.2 Å². The van der Waals surface area contributed by atoms with E-state index in [2.05, 4.69) is 29.1 Å². The summed E-state index contributed by atoms with van der Waals surface area (Å²) < 4.78 is 0. The molecule has 2 rings (SSSR count). The molecule has 0 atom stereocenters. The van der Waals surface area contributed by atoms with Gasteiger partial charge in [0.2, 0.25) is 0 Å². The summed E-state index contributed by atoms with van der Waals surface area (Å²) in [5, 5.41) is 3.26. The van der Waals surface area contributed by atoms with Crippen molar-refractivity contribution >= 4 is 0 Å². The molecule has 0 aliphatic carbocycles. The zero-order valence-electron chi connectivity index (χ0n) is 11.5. The lowest BCUT2D eigenvalue weighted by atomic mass is 10.1. The minimum Gasteiger partial charge on any atom is -0.309 e. The second kappa shape index (κ2) is 5.80. The van der Waals surface area contributed by atoms with Crippen molar-refractivity contribution in [2.45, 2.75) is 33.4 Å². The first-order chi connectivity index (χ1) is 9.04. The Balaban J connectivity index is 2.33. The molecule has 4 heteroatoms. The molecule has 1 heterocycles. The van der Waals surface area contributed by atoms with Gasteiger partial charge in [-0.3, -0.25) is 4.79 Å². The van der Waals surface area contributed by atoms with Crippen molar-refractivity contribution in [3.8, 4) is 11.4 Å². The van der Waals surface area contributed by atoms with Gasteiger partial charge in [-0.25, -0.2) is 4.98 Å². The van der Waals surface area contributed by atoms with Gasteiger partial charge >= 0.3 is 0 Å². The third-order valence-corrected chi connectivity index (χ3v) is 2.78. The zero-order valence-corrected chi connectivity index (χ0v) is 11.5. The Hall–Kier alpha value is -1.94. The Bertz CT molecular complexity index is 617. The Morgan fingerprint density at radius 3 is 2.79 bits per heavy atom. The Kier molecular flexibility index (Phi) is 4.12. The molecule has 0 unspecified atom stereocenters. The van der Waals surface area contributed by atoms with Crippen LogP contribution in [0.15, 0.2) is 35.1 Å². The largest absolute Gasteiger partial charge is 0.309 e. The molecule has 0 saturated heterocycles. The number of rotatable bonds is 4. The van der Waals surface area contributed by atoms with E-state index in [1.165, 1.54) is 6.07 Å². The average molecular weight is 257 g/mol. The van der Waals surface area contributed by atoms with Crippen LogP contribution in [0, 0.1) is 6.92 Å². The van der Waals surface area contributed by atoms with E-state index in [1.54, 1.807) is 0 Å². The Labute approximate surface area is 112 Å². The highest BCUT2D eigenvalue weighted by Gasteiger charge is 2.04. The van der Waals surface area contributed by atoms with Crippen molar-refractivity contribution in [1.82, 2.24) is 15.3 Å². The van der Waals surface area contributed by atoms with Crippen LogP contribution >= 0.6 is 0 Å². The second-order valence-electron chi connectivity index (χ2n) is 4.99. The summed E-state index contributed by atoms with van der Waals surface area (Å²) in [6.45, 7) is 6.75. The SMILES string of the molecule is Cc1cccc(-c2nc(CNC(C)C)cc(=O)[nH]2)c1. The highest BCUT2D eigenvalue weighted by molar-refractivity contribution is 5.55. The lowest BCUT2D eigenvalue weighted by Gasteiger charge is -2.08. The fourth-order valence-corrected chi connectivity index (χ4v) is 1.84. The third-order valence-electron chi connectivity index (χ3n) is 2.78. The lowest BCUT2D eigenvalue weighted by molar-refractivity contribution is 0.580. The maximum absolute atomic E-state index is 11.7. The number of aromatic amines is 1. The molecular formula is C15H19N3O. The molecule has 0 amide bonds. The van der Waals surface area contributed by atoms with Crippen LogP contribution in [0.2, 0.25) is 0 Å². The van der Waals surface area contributed by atoms with Gasteiger partial charge in [0, 0.05) is 24.2 Å². The first-order valence-corrected chi connectivity index (χ1v) is 6.45. The van der Waals surface area contributed by atoms with E-state index >= 15 is 0 Å². The maximum atomic E-state index is 11.7. The molecule has 1 aromatic heterocycles. The number of nitrogens with zero attached hydrogens (tertiary/aromatic N) is 1. The normalized spacial score (nSPS) is 10.9. The van der Waals surface area contributed by atoms with Crippen molar-refractivity contribution in [2.24, 2.45) is 0 Å². The highest BCUT2D eigenvalue weighted by atomic mass is 16.1. The van der Waals surface area contributed by atoms with E-state index in [-0.39, 0.29) is 5.56 Å². The van der Waals surface area contributed by atoms with Gasteiger partial charge in [0.15, 0.2) is 0 Å². The molecule has 2 N–H and O–H groups in total. The predicted octanol–water partition coefficient (Wildman–Crippen LogP) is 2.24. The summed E-state index contributed by atoms with van der Waals surface area (Å²) in [6, 6.07) is 9.84. The summed E-state index contributed by atoms with van der Waals surface area (Å²) in [5.74, 6) is 0.622. The molecule has 0 aliphatic rings. The van der Waals surface area contributed by atoms with Crippen LogP contribution in [-0.4, -0.2) is 16.0 Å². The molecule has 0 fully saturated rings. The van der Waals surface area contributed by atoms with Gasteiger partial charge in [0.25, 0.3) is 5.56 Å². The van der Waals surface area contributed by atoms with Crippen LogP contribution in [-0.2, 0) is 6.54 Å². The molecule has 0 radical (unpaired) electrons. The molecule has 0 spiro atoms. The summed E-state index contributed by atoms with van der Waals surface area (Å²) >= 11 is 0. The minimum atomic E-state index is -0.118. The predicted molar refractivity (Wildman–Crippen MR) is 77.0 cm³/mol. The van der Waals surface area contributed by atoms with Crippen LogP contribution in [0.4, 0.5) is 0 Å². The van der Waals surface area contributed by atoms with Crippen LogP contribution in [0.1, 0.15) is 25.1 Å². The number of hydrogen-bond acceptors (Lipinski definition) is 3. The summed E-state index contributed by atoms with van der Waals surface area (Å²) in [6.07, 6.45) is 0. The summed E-state index contributed by atoms with van der Waals surface area (Å²) in [5.41, 5.74) is 2.72. The van der Waals surface area contributed by atoms with Crippen LogP contribution < -0.4 is 10.9 Å².